The Kier molecular flexibility index (Phi) is 6.27. The molecule has 1 aliphatic heterocycles. The maximum Gasteiger partial charge on any atom is 0.232 e. The number of nitrogens with zero attached hydrogens (tertiary/aromatic N) is 2. The summed E-state index contributed by atoms with van der Waals surface area (Å²) < 4.78 is 0. The Hall–Kier alpha value is -1.79. The van der Waals surface area contributed by atoms with Crippen molar-refractivity contribution < 1.29 is 15.0 Å². The van der Waals surface area contributed by atoms with E-state index in [0.717, 1.165) is 0 Å². The lowest BCUT2D eigenvalue weighted by Crippen LogP contribution is -2.64. The van der Waals surface area contributed by atoms with E-state index in [1.54, 1.807) is 6.08 Å². The molecule has 1 saturated heterocycles. The highest BCUT2D eigenvalue weighted by Gasteiger charge is 2.44. The SMILES string of the molecule is C#CCCC1C(=O)N(CCC#C)C(O)N(CC=C)C1O. The molecule has 5 nitrogen and oxygen atoms in total. The predicted octanol–water partition coefficient (Wildman–Crippen LogP) is -0.0362. The minimum Gasteiger partial charge on any atom is -0.377 e. The van der Waals surface area contributed by atoms with Crippen molar-refractivity contribution in [2.45, 2.75) is 31.8 Å². The maximum atomic E-state index is 12.3. The number of terminal acetylenes is 2. The first-order valence-electron chi connectivity index (χ1n) is 6.48. The number of hydrogen-bond donors (Lipinski definition) is 2. The molecule has 0 aromatic rings. The molecule has 108 valence electrons. The summed E-state index contributed by atoms with van der Waals surface area (Å²) in [6, 6.07) is 0. The van der Waals surface area contributed by atoms with Gasteiger partial charge in [0.15, 0.2) is 6.35 Å². The van der Waals surface area contributed by atoms with Gasteiger partial charge in [-0.05, 0) is 6.42 Å². The van der Waals surface area contributed by atoms with Crippen molar-refractivity contribution in [1.82, 2.24) is 9.80 Å². The topological polar surface area (TPSA) is 64.0 Å². The van der Waals surface area contributed by atoms with E-state index in [1.807, 2.05) is 0 Å². The van der Waals surface area contributed by atoms with Crippen molar-refractivity contribution in [2.75, 3.05) is 13.1 Å². The van der Waals surface area contributed by atoms with Crippen molar-refractivity contribution in [3.63, 3.8) is 0 Å². The molecular formula is C15H20N2O3. The van der Waals surface area contributed by atoms with Crippen LogP contribution in [0.1, 0.15) is 19.3 Å². The van der Waals surface area contributed by atoms with Crippen LogP contribution in [0.4, 0.5) is 0 Å². The van der Waals surface area contributed by atoms with Crippen LogP contribution in [0.15, 0.2) is 12.7 Å². The van der Waals surface area contributed by atoms with Gasteiger partial charge in [0.2, 0.25) is 5.91 Å². The van der Waals surface area contributed by atoms with E-state index in [9.17, 15) is 15.0 Å². The average Bonchev–Trinajstić information content (AvgIpc) is 2.43. The van der Waals surface area contributed by atoms with Crippen LogP contribution in [0.2, 0.25) is 0 Å². The monoisotopic (exact) mass is 276 g/mol. The standard InChI is InChI=1S/C15H20N2O3/c1-4-7-9-12-13(18)16(10-6-3)15(20)17(14(12)19)11-8-5-2/h1-2,6,12-13,15,18,20H,3,7-11H2. The molecule has 0 bridgehead atoms. The van der Waals surface area contributed by atoms with Crippen LogP contribution >= 0.6 is 0 Å². The zero-order valence-electron chi connectivity index (χ0n) is 11.4. The third-order valence-electron chi connectivity index (χ3n) is 3.31. The van der Waals surface area contributed by atoms with Gasteiger partial charge in [-0.15, -0.1) is 31.3 Å². The van der Waals surface area contributed by atoms with Gasteiger partial charge in [0.05, 0.1) is 5.92 Å². The summed E-state index contributed by atoms with van der Waals surface area (Å²) in [5.74, 6) is 3.91. The number of amides is 1. The van der Waals surface area contributed by atoms with Crippen LogP contribution in [0, 0.1) is 30.6 Å². The highest BCUT2D eigenvalue weighted by Crippen LogP contribution is 2.27. The number of hydrogen-bond acceptors (Lipinski definition) is 4. The van der Waals surface area contributed by atoms with E-state index in [-0.39, 0.29) is 19.0 Å². The van der Waals surface area contributed by atoms with Gasteiger partial charge in [0, 0.05) is 25.9 Å². The number of aliphatic hydroxyl groups excluding tert-OH is 2. The molecule has 1 heterocycles. The molecule has 0 aromatic carbocycles. The Morgan fingerprint density at radius 3 is 2.50 bits per heavy atom. The maximum absolute atomic E-state index is 12.3. The summed E-state index contributed by atoms with van der Waals surface area (Å²) in [7, 11) is 0. The molecule has 0 saturated carbocycles. The van der Waals surface area contributed by atoms with Crippen molar-refractivity contribution >= 4 is 5.91 Å². The van der Waals surface area contributed by atoms with Crippen LogP contribution in [-0.2, 0) is 4.79 Å². The molecule has 1 aliphatic rings. The first-order chi connectivity index (χ1) is 9.58. The van der Waals surface area contributed by atoms with Crippen LogP contribution in [-0.4, -0.2) is 51.6 Å². The van der Waals surface area contributed by atoms with Gasteiger partial charge in [-0.2, -0.15) is 0 Å². The normalized spacial score (nSPS) is 26.9. The Morgan fingerprint density at radius 1 is 1.30 bits per heavy atom. The molecule has 0 aromatic heterocycles. The minimum absolute atomic E-state index is 0.240. The van der Waals surface area contributed by atoms with E-state index >= 15 is 0 Å². The summed E-state index contributed by atoms with van der Waals surface area (Å²) in [6.07, 6.45) is 10.8. The number of carbonyl (C=O) groups excluding carboxylic acids is 1. The Labute approximate surface area is 119 Å². The third kappa shape index (κ3) is 3.40. The van der Waals surface area contributed by atoms with Gasteiger partial charge < -0.3 is 15.1 Å². The summed E-state index contributed by atoms with van der Waals surface area (Å²) in [5.41, 5.74) is 0. The number of aliphatic hydroxyl groups is 2. The van der Waals surface area contributed by atoms with E-state index in [1.165, 1.54) is 9.80 Å². The molecule has 0 aliphatic carbocycles. The average molecular weight is 276 g/mol. The summed E-state index contributed by atoms with van der Waals surface area (Å²) in [4.78, 5) is 15.0. The molecule has 20 heavy (non-hydrogen) atoms. The molecule has 1 rings (SSSR count). The molecule has 0 spiro atoms. The van der Waals surface area contributed by atoms with Crippen molar-refractivity contribution in [1.29, 1.82) is 0 Å². The molecule has 0 radical (unpaired) electrons. The van der Waals surface area contributed by atoms with E-state index in [0.29, 0.717) is 19.3 Å². The number of carbonyl (C=O) groups is 1. The largest absolute Gasteiger partial charge is 0.377 e. The van der Waals surface area contributed by atoms with Crippen molar-refractivity contribution in [3.05, 3.63) is 12.7 Å². The zero-order valence-corrected chi connectivity index (χ0v) is 11.4. The summed E-state index contributed by atoms with van der Waals surface area (Å²) in [5, 5.41) is 20.4. The first-order valence-corrected chi connectivity index (χ1v) is 6.48. The molecule has 3 unspecified atom stereocenters. The van der Waals surface area contributed by atoms with Gasteiger partial charge in [-0.3, -0.25) is 4.79 Å². The van der Waals surface area contributed by atoms with Crippen LogP contribution < -0.4 is 0 Å². The predicted molar refractivity (Wildman–Crippen MR) is 75.6 cm³/mol. The third-order valence-corrected chi connectivity index (χ3v) is 3.31. The molecule has 5 heteroatoms. The first kappa shape index (κ1) is 16.3. The molecule has 1 amide bonds. The van der Waals surface area contributed by atoms with Crippen LogP contribution in [0.5, 0.6) is 0 Å². The van der Waals surface area contributed by atoms with Gasteiger partial charge in [0.1, 0.15) is 6.23 Å². The van der Waals surface area contributed by atoms with Gasteiger partial charge in [-0.1, -0.05) is 6.08 Å². The fourth-order valence-electron chi connectivity index (χ4n) is 2.27. The number of rotatable bonds is 6. The molecule has 2 N–H and O–H groups in total. The van der Waals surface area contributed by atoms with Crippen LogP contribution in [0.3, 0.4) is 0 Å². The quantitative estimate of drug-likeness (QED) is 0.528. The smallest absolute Gasteiger partial charge is 0.232 e. The van der Waals surface area contributed by atoms with Gasteiger partial charge in [0.25, 0.3) is 0 Å². The van der Waals surface area contributed by atoms with Gasteiger partial charge >= 0.3 is 0 Å². The fraction of sp³-hybridized carbons (Fsp3) is 0.533. The molecular weight excluding hydrogens is 256 g/mol. The van der Waals surface area contributed by atoms with Crippen LogP contribution in [0.25, 0.3) is 0 Å². The second-order valence-electron chi connectivity index (χ2n) is 4.58. The Balaban J connectivity index is 2.95. The molecule has 1 fully saturated rings. The highest BCUT2D eigenvalue weighted by atomic mass is 16.4. The second-order valence-corrected chi connectivity index (χ2v) is 4.58. The second kappa shape index (κ2) is 7.72. The lowest BCUT2D eigenvalue weighted by atomic mass is 9.96. The lowest BCUT2D eigenvalue weighted by Gasteiger charge is -2.46. The van der Waals surface area contributed by atoms with Crippen molar-refractivity contribution in [3.8, 4) is 24.7 Å². The Morgan fingerprint density at radius 2 is 1.95 bits per heavy atom. The van der Waals surface area contributed by atoms with Crippen molar-refractivity contribution in [2.24, 2.45) is 5.92 Å². The van der Waals surface area contributed by atoms with E-state index in [4.69, 9.17) is 12.8 Å². The minimum atomic E-state index is -1.20. The van der Waals surface area contributed by atoms with Gasteiger partial charge in [-0.25, -0.2) is 4.90 Å². The molecule has 3 atom stereocenters. The fourth-order valence-corrected chi connectivity index (χ4v) is 2.27. The van der Waals surface area contributed by atoms with E-state index < -0.39 is 18.5 Å². The summed E-state index contributed by atoms with van der Waals surface area (Å²) in [6.45, 7) is 4.08. The van der Waals surface area contributed by atoms with E-state index in [2.05, 4.69) is 18.4 Å². The lowest BCUT2D eigenvalue weighted by molar-refractivity contribution is -0.221. The Bertz CT molecular complexity index is 401. The highest BCUT2D eigenvalue weighted by molar-refractivity contribution is 5.80. The zero-order chi connectivity index (χ0) is 15.1. The summed E-state index contributed by atoms with van der Waals surface area (Å²) >= 11 is 0.